The van der Waals surface area contributed by atoms with Crippen LogP contribution in [-0.2, 0) is 23.9 Å². The number of hydrogen-bond acceptors (Lipinski definition) is 3. The van der Waals surface area contributed by atoms with Crippen molar-refractivity contribution in [3.05, 3.63) is 58.1 Å². The van der Waals surface area contributed by atoms with E-state index in [1.807, 2.05) is 33.8 Å². The van der Waals surface area contributed by atoms with Crippen LogP contribution in [0, 0.1) is 6.92 Å². The number of fused-ring (bicyclic) bond motifs is 1. The van der Waals surface area contributed by atoms with E-state index in [1.165, 1.54) is 6.07 Å². The predicted molar refractivity (Wildman–Crippen MR) is 125 cm³/mol. The lowest BCUT2D eigenvalue weighted by atomic mass is 9.91. The number of rotatable bonds is 4. The molecule has 0 aromatic heterocycles. The smallest absolute Gasteiger partial charge is 0.416 e. The van der Waals surface area contributed by atoms with Crippen molar-refractivity contribution < 1.29 is 27.4 Å². The Kier molecular flexibility index (Phi) is 6.58. The fraction of sp³-hybridized carbons (Fsp3) is 0.519. The van der Waals surface area contributed by atoms with Crippen LogP contribution in [0.25, 0.3) is 0 Å². The zero-order chi connectivity index (χ0) is 24.7. The molecule has 1 amide bonds. The second kappa shape index (κ2) is 9.16. The summed E-state index contributed by atoms with van der Waals surface area (Å²) in [5, 5.41) is 0. The normalized spacial score (nSPS) is 16.6. The summed E-state index contributed by atoms with van der Waals surface area (Å²) >= 11 is 0. The van der Waals surface area contributed by atoms with Crippen molar-refractivity contribution in [2.24, 2.45) is 0 Å². The van der Waals surface area contributed by atoms with Crippen LogP contribution in [0.2, 0.25) is 0 Å². The van der Waals surface area contributed by atoms with Gasteiger partial charge < -0.3 is 9.47 Å². The molecule has 0 radical (unpaired) electrons. The zero-order valence-corrected chi connectivity index (χ0v) is 20.2. The molecule has 0 atom stereocenters. The molecule has 1 saturated carbocycles. The van der Waals surface area contributed by atoms with E-state index in [-0.39, 0.29) is 18.6 Å². The minimum Gasteiger partial charge on any atom is -0.489 e. The van der Waals surface area contributed by atoms with Crippen LogP contribution in [0.3, 0.4) is 0 Å². The van der Waals surface area contributed by atoms with Crippen LogP contribution in [0.15, 0.2) is 30.3 Å². The van der Waals surface area contributed by atoms with Crippen molar-refractivity contribution in [2.75, 3.05) is 11.4 Å². The Morgan fingerprint density at radius 1 is 1.09 bits per heavy atom. The highest BCUT2D eigenvalue weighted by molar-refractivity contribution is 5.91. The number of anilines is 1. The molecule has 2 aromatic carbocycles. The molecule has 0 unspecified atom stereocenters. The molecule has 4 rings (SSSR count). The Bertz CT molecular complexity index is 1070. The zero-order valence-electron chi connectivity index (χ0n) is 20.2. The summed E-state index contributed by atoms with van der Waals surface area (Å²) in [6.07, 6.45) is -0.511. The Morgan fingerprint density at radius 3 is 2.44 bits per heavy atom. The number of benzene rings is 2. The van der Waals surface area contributed by atoms with Gasteiger partial charge in [-0.25, -0.2) is 4.79 Å². The first-order chi connectivity index (χ1) is 15.9. The van der Waals surface area contributed by atoms with E-state index < -0.39 is 17.3 Å². The molecular formula is C27H32F3NO3. The number of carbonyl (C=O) groups is 1. The van der Waals surface area contributed by atoms with Crippen LogP contribution in [0.4, 0.5) is 23.7 Å². The van der Waals surface area contributed by atoms with Gasteiger partial charge in [0.25, 0.3) is 0 Å². The number of amides is 1. The van der Waals surface area contributed by atoms with Crippen LogP contribution < -0.4 is 9.64 Å². The van der Waals surface area contributed by atoms with Gasteiger partial charge in [0.05, 0.1) is 11.3 Å². The summed E-state index contributed by atoms with van der Waals surface area (Å²) in [6, 6.07) is 8.20. The quantitative estimate of drug-likeness (QED) is 0.458. The van der Waals surface area contributed by atoms with E-state index in [4.69, 9.17) is 9.47 Å². The van der Waals surface area contributed by atoms with E-state index in [2.05, 4.69) is 0 Å². The minimum absolute atomic E-state index is 0.0153. The number of nitrogens with zero attached hydrogens (tertiary/aromatic N) is 1. The Hall–Kier alpha value is -2.70. The molecule has 1 fully saturated rings. The van der Waals surface area contributed by atoms with Crippen LogP contribution in [-0.4, -0.2) is 18.2 Å². The number of carbonyl (C=O) groups excluding carboxylic acids is 1. The van der Waals surface area contributed by atoms with Crippen LogP contribution in [0.5, 0.6) is 5.75 Å². The molecule has 184 valence electrons. The number of ether oxygens (including phenoxy) is 2. The second-order valence-electron chi connectivity index (χ2n) is 10.3. The van der Waals surface area contributed by atoms with Crippen LogP contribution >= 0.6 is 0 Å². The van der Waals surface area contributed by atoms with E-state index >= 15 is 0 Å². The molecule has 0 spiro atoms. The Morgan fingerprint density at radius 2 is 1.79 bits per heavy atom. The van der Waals surface area contributed by atoms with Gasteiger partial charge in [0.1, 0.15) is 18.0 Å². The molecule has 1 aliphatic heterocycles. The predicted octanol–water partition coefficient (Wildman–Crippen LogP) is 7.55. The third kappa shape index (κ3) is 5.18. The molecule has 7 heteroatoms. The highest BCUT2D eigenvalue weighted by atomic mass is 19.4. The first-order valence-corrected chi connectivity index (χ1v) is 11.9. The number of halogens is 3. The molecule has 1 heterocycles. The summed E-state index contributed by atoms with van der Waals surface area (Å²) in [5.74, 6) is 0.594. The maximum atomic E-state index is 13.8. The van der Waals surface area contributed by atoms with Gasteiger partial charge in [-0.05, 0) is 93.3 Å². The molecule has 0 N–H and O–H groups in total. The van der Waals surface area contributed by atoms with Crippen molar-refractivity contribution in [1.82, 2.24) is 0 Å². The Balaban J connectivity index is 1.51. The lowest BCUT2D eigenvalue weighted by molar-refractivity contribution is -0.138. The first kappa shape index (κ1) is 24.4. The van der Waals surface area contributed by atoms with Gasteiger partial charge >= 0.3 is 12.3 Å². The minimum atomic E-state index is -4.39. The van der Waals surface area contributed by atoms with E-state index in [1.54, 1.807) is 23.1 Å². The first-order valence-electron chi connectivity index (χ1n) is 11.9. The molecule has 4 nitrogen and oxygen atoms in total. The third-order valence-electron chi connectivity index (χ3n) is 6.63. The van der Waals surface area contributed by atoms with E-state index in [0.29, 0.717) is 29.8 Å². The standard InChI is InChI=1S/C27H32F3NO3/c1-17-20-13-14-31(25(32)34-26(2,3)4)23(20)11-12-24(17)33-16-18-9-10-21(19-7-5-6-8-19)22(15-18)27(28,29)30/h9-12,15,19H,5-8,13-14,16H2,1-4H3. The average Bonchev–Trinajstić information content (AvgIpc) is 3.42. The molecule has 1 aliphatic carbocycles. The molecule has 0 bridgehead atoms. The van der Waals surface area contributed by atoms with Gasteiger partial charge in [-0.2, -0.15) is 13.2 Å². The maximum absolute atomic E-state index is 13.8. The molecule has 2 aliphatic rings. The van der Waals surface area contributed by atoms with Crippen molar-refractivity contribution in [1.29, 1.82) is 0 Å². The lowest BCUT2D eigenvalue weighted by Gasteiger charge is -2.25. The number of hydrogen-bond donors (Lipinski definition) is 0. The fourth-order valence-corrected chi connectivity index (χ4v) is 4.99. The van der Waals surface area contributed by atoms with Crippen molar-refractivity contribution in [3.63, 3.8) is 0 Å². The van der Waals surface area contributed by atoms with Gasteiger partial charge in [0.2, 0.25) is 0 Å². The summed E-state index contributed by atoms with van der Waals surface area (Å²) in [7, 11) is 0. The van der Waals surface area contributed by atoms with Gasteiger partial charge in [0, 0.05) is 6.54 Å². The topological polar surface area (TPSA) is 38.8 Å². The van der Waals surface area contributed by atoms with Gasteiger partial charge in [-0.15, -0.1) is 0 Å². The highest BCUT2D eigenvalue weighted by Gasteiger charge is 2.36. The maximum Gasteiger partial charge on any atom is 0.416 e. The average molecular weight is 476 g/mol. The fourth-order valence-electron chi connectivity index (χ4n) is 4.99. The highest BCUT2D eigenvalue weighted by Crippen LogP contribution is 2.42. The monoisotopic (exact) mass is 475 g/mol. The molecular weight excluding hydrogens is 443 g/mol. The van der Waals surface area contributed by atoms with Crippen molar-refractivity contribution in [3.8, 4) is 5.75 Å². The second-order valence-corrected chi connectivity index (χ2v) is 10.3. The molecule has 0 saturated heterocycles. The van der Waals surface area contributed by atoms with Gasteiger partial charge in [-0.3, -0.25) is 4.90 Å². The number of alkyl halides is 3. The summed E-state index contributed by atoms with van der Waals surface area (Å²) in [4.78, 5) is 14.2. The van der Waals surface area contributed by atoms with Crippen molar-refractivity contribution >= 4 is 11.8 Å². The largest absolute Gasteiger partial charge is 0.489 e. The van der Waals surface area contributed by atoms with Gasteiger partial charge in [-0.1, -0.05) is 25.0 Å². The van der Waals surface area contributed by atoms with E-state index in [0.717, 1.165) is 42.5 Å². The van der Waals surface area contributed by atoms with Gasteiger partial charge in [0.15, 0.2) is 0 Å². The van der Waals surface area contributed by atoms with Crippen molar-refractivity contribution in [2.45, 2.75) is 84.1 Å². The lowest BCUT2D eigenvalue weighted by Crippen LogP contribution is -2.35. The Labute approximate surface area is 199 Å². The summed E-state index contributed by atoms with van der Waals surface area (Å²) < 4.78 is 52.8. The molecule has 2 aromatic rings. The summed E-state index contributed by atoms with van der Waals surface area (Å²) in [5.41, 5.74) is 2.45. The van der Waals surface area contributed by atoms with E-state index in [9.17, 15) is 18.0 Å². The van der Waals surface area contributed by atoms with Crippen LogP contribution in [0.1, 0.15) is 80.2 Å². The summed E-state index contributed by atoms with van der Waals surface area (Å²) in [6.45, 7) is 7.96. The molecule has 34 heavy (non-hydrogen) atoms. The third-order valence-corrected chi connectivity index (χ3v) is 6.63. The SMILES string of the molecule is Cc1c(OCc2ccc(C3CCCC3)c(C(F)(F)F)c2)ccc2c1CCN2C(=O)OC(C)(C)C.